The topological polar surface area (TPSA) is 134 Å². The molecule has 10 heteroatoms. The first-order chi connectivity index (χ1) is 34.8. The van der Waals surface area contributed by atoms with E-state index >= 15 is 0 Å². The second-order valence-electron chi connectivity index (χ2n) is 19.8. The lowest BCUT2D eigenvalue weighted by molar-refractivity contribution is -0.161. The summed E-state index contributed by atoms with van der Waals surface area (Å²) in [6.07, 6.45) is 71.3. The molecule has 2 atom stereocenters. The van der Waals surface area contributed by atoms with Gasteiger partial charge in [-0.05, 0) is 77.0 Å². The molecule has 0 saturated carbocycles. The first-order valence-corrected chi connectivity index (χ1v) is 31.3. The van der Waals surface area contributed by atoms with Gasteiger partial charge >= 0.3 is 19.8 Å². The summed E-state index contributed by atoms with van der Waals surface area (Å²) in [5, 5.41) is 0. The molecule has 0 radical (unpaired) electrons. The van der Waals surface area contributed by atoms with E-state index in [1.165, 1.54) is 186 Å². The third kappa shape index (κ3) is 56.9. The molecule has 0 fully saturated rings. The summed E-state index contributed by atoms with van der Waals surface area (Å²) in [6.45, 7) is 3.67. The Morgan fingerprint density at radius 2 is 0.775 bits per heavy atom. The second kappa shape index (κ2) is 57.0. The molecule has 0 aromatic carbocycles. The number of unbranched alkanes of at least 4 members (excludes halogenated alkanes) is 33. The van der Waals surface area contributed by atoms with E-state index in [0.29, 0.717) is 6.42 Å². The Morgan fingerprint density at radius 1 is 0.437 bits per heavy atom. The van der Waals surface area contributed by atoms with E-state index < -0.39 is 26.5 Å². The fourth-order valence-corrected chi connectivity index (χ4v) is 9.27. The maximum Gasteiger partial charge on any atom is 0.472 e. The highest BCUT2D eigenvalue weighted by Gasteiger charge is 2.26. The van der Waals surface area contributed by atoms with Gasteiger partial charge in [0.25, 0.3) is 0 Å². The zero-order valence-corrected chi connectivity index (χ0v) is 47.1. The predicted octanol–water partition coefficient (Wildman–Crippen LogP) is 18.7. The molecule has 414 valence electrons. The smallest absolute Gasteiger partial charge is 0.462 e. The number of hydrogen-bond acceptors (Lipinski definition) is 8. The van der Waals surface area contributed by atoms with Crippen LogP contribution in [0.5, 0.6) is 0 Å². The summed E-state index contributed by atoms with van der Waals surface area (Å²) in [4.78, 5) is 35.2. The van der Waals surface area contributed by atoms with Crippen molar-refractivity contribution >= 4 is 19.8 Å². The molecule has 0 amide bonds. The summed E-state index contributed by atoms with van der Waals surface area (Å²) in [6, 6.07) is 0. The Morgan fingerprint density at radius 3 is 1.17 bits per heavy atom. The molecular weight excluding hydrogens is 906 g/mol. The van der Waals surface area contributed by atoms with Gasteiger partial charge in [-0.2, -0.15) is 0 Å². The standard InChI is InChI=1S/C61H112NO8P/c1-3-5-7-9-11-13-15-17-19-21-23-25-27-29-31-33-35-37-39-41-43-45-47-49-51-53-60(63)67-57-59(58-69-71(65,66)68-56-55-62)70-61(64)54-52-50-48-46-44-42-40-38-36-34-32-30-28-26-24-22-20-18-16-14-12-10-8-6-4-2/h6,8,12,14,18,20-21,23-24,26,59H,3-5,7,9-11,13,15-17,19,22,25,27-58,62H2,1-2H3,(H,65,66)/b8-6-,14-12-,20-18-,23-21-,26-24-. The number of esters is 2. The van der Waals surface area contributed by atoms with Crippen LogP contribution in [-0.4, -0.2) is 49.3 Å². The van der Waals surface area contributed by atoms with Crippen LogP contribution in [-0.2, 0) is 32.7 Å². The van der Waals surface area contributed by atoms with Crippen LogP contribution in [0.15, 0.2) is 60.8 Å². The van der Waals surface area contributed by atoms with Crippen LogP contribution < -0.4 is 5.73 Å². The molecule has 0 aliphatic heterocycles. The molecule has 0 saturated heterocycles. The minimum atomic E-state index is -4.39. The Bertz CT molecular complexity index is 1350. The van der Waals surface area contributed by atoms with E-state index in [1.807, 2.05) is 0 Å². The molecule has 0 spiro atoms. The molecule has 9 nitrogen and oxygen atoms in total. The lowest BCUT2D eigenvalue weighted by atomic mass is 10.0. The number of carbonyl (C=O) groups is 2. The molecular formula is C61H112NO8P. The molecule has 0 aliphatic carbocycles. The SMILES string of the molecule is CC/C=C\C/C=C\C/C=C\C/C=C\CCCCCCCCCCCCCCC(=O)OC(COC(=O)CCCCCCCCCCCCCCC/C=C\CCCCCCCCCC)COP(=O)(O)OCCN. The maximum absolute atomic E-state index is 12.7. The summed E-state index contributed by atoms with van der Waals surface area (Å²) in [5.74, 6) is -0.821. The van der Waals surface area contributed by atoms with E-state index in [1.54, 1.807) is 0 Å². The van der Waals surface area contributed by atoms with Crippen molar-refractivity contribution in [2.75, 3.05) is 26.4 Å². The number of allylic oxidation sites excluding steroid dienone is 10. The lowest BCUT2D eigenvalue weighted by Crippen LogP contribution is -2.29. The molecule has 0 bridgehead atoms. The fraction of sp³-hybridized carbons (Fsp3) is 0.803. The van der Waals surface area contributed by atoms with Gasteiger partial charge in [-0.3, -0.25) is 18.6 Å². The van der Waals surface area contributed by atoms with Crippen LogP contribution >= 0.6 is 7.82 Å². The van der Waals surface area contributed by atoms with Crippen molar-refractivity contribution in [2.24, 2.45) is 5.73 Å². The largest absolute Gasteiger partial charge is 0.472 e. The van der Waals surface area contributed by atoms with E-state index in [9.17, 15) is 19.0 Å². The van der Waals surface area contributed by atoms with Crippen molar-refractivity contribution in [1.82, 2.24) is 0 Å². The number of nitrogens with two attached hydrogens (primary N) is 1. The minimum absolute atomic E-state index is 0.0523. The van der Waals surface area contributed by atoms with Crippen molar-refractivity contribution in [3.63, 3.8) is 0 Å². The van der Waals surface area contributed by atoms with Crippen LogP contribution in [0.2, 0.25) is 0 Å². The van der Waals surface area contributed by atoms with Crippen molar-refractivity contribution in [1.29, 1.82) is 0 Å². The molecule has 0 heterocycles. The van der Waals surface area contributed by atoms with Crippen molar-refractivity contribution < 1.29 is 37.6 Å². The van der Waals surface area contributed by atoms with Gasteiger partial charge in [-0.1, -0.05) is 254 Å². The Kier molecular flexibility index (Phi) is 55.2. The highest BCUT2D eigenvalue weighted by atomic mass is 31.2. The van der Waals surface area contributed by atoms with Gasteiger partial charge in [0.15, 0.2) is 6.10 Å². The lowest BCUT2D eigenvalue weighted by Gasteiger charge is -2.19. The number of hydrogen-bond donors (Lipinski definition) is 2. The van der Waals surface area contributed by atoms with Gasteiger partial charge in [0, 0.05) is 19.4 Å². The Hall–Kier alpha value is -2.29. The Balaban J connectivity index is 3.95. The van der Waals surface area contributed by atoms with Crippen LogP contribution in [0.25, 0.3) is 0 Å². The number of phosphoric acid groups is 1. The molecule has 0 rings (SSSR count). The normalized spacial score (nSPS) is 13.5. The summed E-state index contributed by atoms with van der Waals surface area (Å²) >= 11 is 0. The van der Waals surface area contributed by atoms with Crippen molar-refractivity contribution in [3.8, 4) is 0 Å². The van der Waals surface area contributed by atoms with Gasteiger partial charge in [0.05, 0.1) is 13.2 Å². The van der Waals surface area contributed by atoms with E-state index in [4.69, 9.17) is 24.3 Å². The highest BCUT2D eigenvalue weighted by Crippen LogP contribution is 2.43. The van der Waals surface area contributed by atoms with Gasteiger partial charge in [0.2, 0.25) is 0 Å². The average Bonchev–Trinajstić information content (AvgIpc) is 3.36. The van der Waals surface area contributed by atoms with Crippen molar-refractivity contribution in [3.05, 3.63) is 60.8 Å². The molecule has 3 N–H and O–H groups in total. The molecule has 0 aromatic rings. The van der Waals surface area contributed by atoms with Crippen LogP contribution in [0.4, 0.5) is 0 Å². The van der Waals surface area contributed by atoms with E-state index in [0.717, 1.165) is 64.2 Å². The summed E-state index contributed by atoms with van der Waals surface area (Å²) in [7, 11) is -4.39. The summed E-state index contributed by atoms with van der Waals surface area (Å²) < 4.78 is 33.1. The van der Waals surface area contributed by atoms with E-state index in [-0.39, 0.29) is 38.6 Å². The van der Waals surface area contributed by atoms with Crippen LogP contribution in [0.1, 0.15) is 284 Å². The Labute approximate surface area is 438 Å². The fourth-order valence-electron chi connectivity index (χ4n) is 8.51. The van der Waals surface area contributed by atoms with E-state index in [2.05, 4.69) is 74.6 Å². The number of rotatable bonds is 56. The first kappa shape index (κ1) is 68.7. The zero-order valence-electron chi connectivity index (χ0n) is 46.2. The molecule has 0 aliphatic rings. The van der Waals surface area contributed by atoms with Gasteiger partial charge in [-0.15, -0.1) is 0 Å². The zero-order chi connectivity index (χ0) is 51.7. The maximum atomic E-state index is 12.7. The average molecular weight is 1020 g/mol. The van der Waals surface area contributed by atoms with Gasteiger partial charge < -0.3 is 20.1 Å². The second-order valence-corrected chi connectivity index (χ2v) is 21.3. The monoisotopic (exact) mass is 1020 g/mol. The third-order valence-electron chi connectivity index (χ3n) is 12.9. The first-order valence-electron chi connectivity index (χ1n) is 29.8. The number of ether oxygens (including phenoxy) is 2. The molecule has 2 unspecified atom stereocenters. The molecule has 0 aromatic heterocycles. The van der Waals surface area contributed by atoms with Crippen LogP contribution in [0.3, 0.4) is 0 Å². The predicted molar refractivity (Wildman–Crippen MR) is 303 cm³/mol. The number of carbonyl (C=O) groups excluding carboxylic acids is 2. The summed E-state index contributed by atoms with van der Waals surface area (Å²) in [5.41, 5.74) is 5.39. The van der Waals surface area contributed by atoms with Crippen LogP contribution in [0, 0.1) is 0 Å². The number of phosphoric ester groups is 1. The molecule has 71 heavy (non-hydrogen) atoms. The van der Waals surface area contributed by atoms with Gasteiger partial charge in [0.1, 0.15) is 6.61 Å². The quantitative estimate of drug-likeness (QED) is 0.0264. The highest BCUT2D eigenvalue weighted by molar-refractivity contribution is 7.47. The third-order valence-corrected chi connectivity index (χ3v) is 13.9. The van der Waals surface area contributed by atoms with Crippen molar-refractivity contribution in [2.45, 2.75) is 290 Å². The minimum Gasteiger partial charge on any atom is -0.462 e. The van der Waals surface area contributed by atoms with Gasteiger partial charge in [-0.25, -0.2) is 4.57 Å².